The van der Waals surface area contributed by atoms with E-state index in [0.29, 0.717) is 0 Å². The molecule has 0 saturated heterocycles. The molecule has 0 saturated carbocycles. The first-order valence-electron chi connectivity index (χ1n) is 29.6. The Kier molecular flexibility index (Phi) is 11.1. The lowest BCUT2D eigenvalue weighted by Crippen LogP contribution is -2.61. The van der Waals surface area contributed by atoms with Gasteiger partial charge in [-0.3, -0.25) is 4.90 Å². The fourth-order valence-corrected chi connectivity index (χ4v) is 15.4. The van der Waals surface area contributed by atoms with Crippen LogP contribution in [0.15, 0.2) is 309 Å². The molecule has 13 aromatic carbocycles. The molecule has 9 heteroatoms. The molecule has 5 heterocycles. The van der Waals surface area contributed by atoms with Gasteiger partial charge in [0.2, 0.25) is 0 Å². The summed E-state index contributed by atoms with van der Waals surface area (Å²) in [5.74, 6) is 1.53. The van der Waals surface area contributed by atoms with E-state index < -0.39 is 0 Å². The molecule has 7 nitrogen and oxygen atoms in total. The molecular weight excluding hydrogens is 1080 g/mol. The fourth-order valence-electron chi connectivity index (χ4n) is 14.0. The highest BCUT2D eigenvalue weighted by atomic mass is 32.1. The Hall–Kier alpha value is -11.3. The molecular formula is C78H51BN6OS. The van der Waals surface area contributed by atoms with Crippen molar-refractivity contribution in [1.29, 1.82) is 0 Å². The standard InChI is InChI=1S/C78H51BN6OS/c1-8-27-53(28-9-1)80(54-29-10-2-11-30-54)60-46-69-74-70(47-60)83(58-37-18-6-19-38-58)67-51-72-68(50-65(67)79(74)64-42-24-25-43-66(64)82(69)57-35-16-5-17-36-57)85-76-71(48-61(49-73(76)86-72)81(55-31-12-3-13-32-55)56-33-14-4-15-34-56)84(59-39-20-7-21-40-59)75-63-45-44-52-26-22-23-41-62(52)77(63)87-78(75)85/h1-51H. The Morgan fingerprint density at radius 3 is 1.34 bits per heavy atom. The Balaban J connectivity index is 0.945. The van der Waals surface area contributed by atoms with Crippen LogP contribution in [-0.4, -0.2) is 6.71 Å². The smallest absolute Gasteiger partial charge is 0.252 e. The maximum absolute atomic E-state index is 7.76. The van der Waals surface area contributed by atoms with Crippen LogP contribution in [0.5, 0.6) is 11.5 Å². The Labute approximate surface area is 509 Å². The van der Waals surface area contributed by atoms with Crippen LogP contribution < -0.4 is 50.5 Å². The number of thiophene rings is 1. The van der Waals surface area contributed by atoms with Gasteiger partial charge in [0.1, 0.15) is 10.7 Å². The topological polar surface area (TPSA) is 28.7 Å². The van der Waals surface area contributed by atoms with Crippen LogP contribution >= 0.6 is 11.3 Å². The second-order valence-electron chi connectivity index (χ2n) is 22.5. The van der Waals surface area contributed by atoms with Gasteiger partial charge in [0.05, 0.1) is 28.4 Å². The summed E-state index contributed by atoms with van der Waals surface area (Å²) in [5, 5.41) is 4.76. The molecule has 0 radical (unpaired) electrons. The van der Waals surface area contributed by atoms with Crippen molar-refractivity contribution in [3.63, 3.8) is 0 Å². The normalized spacial score (nSPS) is 13.0. The average Bonchev–Trinajstić information content (AvgIpc) is 1.64. The van der Waals surface area contributed by atoms with E-state index in [4.69, 9.17) is 4.74 Å². The highest BCUT2D eigenvalue weighted by Gasteiger charge is 2.47. The number of benzene rings is 13. The largest absolute Gasteiger partial charge is 0.453 e. The number of anilines is 18. The summed E-state index contributed by atoms with van der Waals surface area (Å²) in [6.07, 6.45) is 0. The Morgan fingerprint density at radius 1 is 0.299 bits per heavy atom. The molecule has 0 atom stereocenters. The quantitative estimate of drug-likeness (QED) is 0.133. The van der Waals surface area contributed by atoms with E-state index in [0.717, 1.165) is 113 Å². The Morgan fingerprint density at radius 2 is 0.770 bits per heavy atom. The van der Waals surface area contributed by atoms with E-state index in [1.807, 2.05) is 11.3 Å². The summed E-state index contributed by atoms with van der Waals surface area (Å²) < 4.78 is 9.00. The van der Waals surface area contributed by atoms with Crippen molar-refractivity contribution in [1.82, 2.24) is 0 Å². The molecule has 14 aromatic rings. The second kappa shape index (κ2) is 19.7. The number of hydrogen-bond donors (Lipinski definition) is 0. The van der Waals surface area contributed by atoms with Gasteiger partial charge in [-0.05, 0) is 142 Å². The van der Waals surface area contributed by atoms with Gasteiger partial charge in [-0.1, -0.05) is 182 Å². The number of nitrogens with zero attached hydrogens (tertiary/aromatic N) is 6. The summed E-state index contributed by atoms with van der Waals surface area (Å²) >= 11 is 1.86. The molecule has 0 aliphatic carbocycles. The molecule has 18 rings (SSSR count). The first kappa shape index (κ1) is 49.2. The minimum atomic E-state index is -0.188. The van der Waals surface area contributed by atoms with Crippen molar-refractivity contribution >= 4 is 157 Å². The minimum Gasteiger partial charge on any atom is -0.453 e. The Bertz CT molecular complexity index is 4920. The highest BCUT2D eigenvalue weighted by molar-refractivity contribution is 7.25. The van der Waals surface area contributed by atoms with Crippen molar-refractivity contribution in [3.05, 3.63) is 309 Å². The zero-order valence-corrected chi connectivity index (χ0v) is 47.8. The molecule has 4 aliphatic rings. The predicted molar refractivity (Wildman–Crippen MR) is 366 cm³/mol. The van der Waals surface area contributed by atoms with Crippen molar-refractivity contribution in [2.75, 3.05) is 29.4 Å². The van der Waals surface area contributed by atoms with Gasteiger partial charge in [0.15, 0.2) is 11.5 Å². The minimum absolute atomic E-state index is 0.188. The van der Waals surface area contributed by atoms with Crippen LogP contribution in [0, 0.1) is 0 Å². The zero-order chi connectivity index (χ0) is 57.1. The molecule has 0 N–H and O–H groups in total. The van der Waals surface area contributed by atoms with E-state index in [2.05, 4.69) is 339 Å². The number of rotatable bonds is 9. The molecule has 0 bridgehead atoms. The summed E-state index contributed by atoms with van der Waals surface area (Å²) in [5.41, 5.74) is 21.6. The highest BCUT2D eigenvalue weighted by Crippen LogP contribution is 2.67. The van der Waals surface area contributed by atoms with Crippen LogP contribution in [0.1, 0.15) is 0 Å². The van der Waals surface area contributed by atoms with E-state index in [-0.39, 0.29) is 6.71 Å². The van der Waals surface area contributed by atoms with E-state index >= 15 is 0 Å². The summed E-state index contributed by atoms with van der Waals surface area (Å²) in [6.45, 7) is -0.188. The van der Waals surface area contributed by atoms with Crippen molar-refractivity contribution in [3.8, 4) is 11.5 Å². The van der Waals surface area contributed by atoms with Gasteiger partial charge in [-0.2, -0.15) is 0 Å². The predicted octanol–water partition coefficient (Wildman–Crippen LogP) is 20.4. The number of ether oxygens (including phenoxy) is 1. The summed E-state index contributed by atoms with van der Waals surface area (Å²) in [4.78, 5) is 14.8. The third kappa shape index (κ3) is 7.63. The first-order chi connectivity index (χ1) is 43.2. The molecule has 408 valence electrons. The van der Waals surface area contributed by atoms with Crippen molar-refractivity contribution < 1.29 is 4.74 Å². The summed E-state index contributed by atoms with van der Waals surface area (Å²) in [6, 6.07) is 112. The molecule has 0 amide bonds. The third-order valence-electron chi connectivity index (χ3n) is 17.6. The molecule has 0 fully saturated rings. The van der Waals surface area contributed by atoms with Gasteiger partial charge in [0.25, 0.3) is 6.71 Å². The molecule has 1 aromatic heterocycles. The van der Waals surface area contributed by atoms with Crippen LogP contribution in [0.25, 0.3) is 20.9 Å². The number of hydrogen-bond acceptors (Lipinski definition) is 8. The van der Waals surface area contributed by atoms with E-state index in [1.54, 1.807) is 0 Å². The number of fused-ring (bicyclic) bond motifs is 12. The first-order valence-corrected chi connectivity index (χ1v) is 30.4. The van der Waals surface area contributed by atoms with Gasteiger partial charge in [-0.15, -0.1) is 11.3 Å². The third-order valence-corrected chi connectivity index (χ3v) is 18.8. The van der Waals surface area contributed by atoms with Crippen LogP contribution in [-0.2, 0) is 0 Å². The van der Waals surface area contributed by atoms with E-state index in [9.17, 15) is 0 Å². The van der Waals surface area contributed by atoms with Gasteiger partial charge in [0, 0.05) is 84.8 Å². The van der Waals surface area contributed by atoms with Crippen LogP contribution in [0.2, 0.25) is 0 Å². The van der Waals surface area contributed by atoms with Crippen molar-refractivity contribution in [2.45, 2.75) is 0 Å². The maximum atomic E-state index is 7.76. The SMILES string of the molecule is c1ccc(N(c2ccccc2)c2cc3c4c(c2)N(c2ccccc2)c2cc5c(cc2B4c2ccccc2N3c2ccccc2)N2c3sc4c(ccc6ccccc64)c3N(c3ccccc3)c3cc(N(c4ccccc4)c4ccccc4)cc(c32)O5)cc1. The lowest BCUT2D eigenvalue weighted by atomic mass is 9.33. The average molecular weight is 1130 g/mol. The zero-order valence-electron chi connectivity index (χ0n) is 47.0. The molecule has 0 unspecified atom stereocenters. The molecule has 4 aliphatic heterocycles. The lowest BCUT2D eigenvalue weighted by Gasteiger charge is -2.46. The van der Waals surface area contributed by atoms with Crippen LogP contribution in [0.4, 0.5) is 102 Å². The molecule has 87 heavy (non-hydrogen) atoms. The monoisotopic (exact) mass is 1130 g/mol. The second-order valence-corrected chi connectivity index (χ2v) is 23.5. The van der Waals surface area contributed by atoms with Gasteiger partial charge >= 0.3 is 0 Å². The maximum Gasteiger partial charge on any atom is 0.252 e. The van der Waals surface area contributed by atoms with Gasteiger partial charge < -0.3 is 29.2 Å². The summed E-state index contributed by atoms with van der Waals surface area (Å²) in [7, 11) is 0. The fraction of sp³-hybridized carbons (Fsp3) is 0. The molecule has 0 spiro atoms. The van der Waals surface area contributed by atoms with Crippen molar-refractivity contribution in [2.24, 2.45) is 0 Å². The number of para-hydroxylation sites is 8. The van der Waals surface area contributed by atoms with Crippen LogP contribution in [0.3, 0.4) is 0 Å². The lowest BCUT2D eigenvalue weighted by molar-refractivity contribution is 0.477. The van der Waals surface area contributed by atoms with Gasteiger partial charge in [-0.25, -0.2) is 0 Å². The van der Waals surface area contributed by atoms with E-state index in [1.165, 1.54) is 37.2 Å².